The van der Waals surface area contributed by atoms with Gasteiger partial charge >= 0.3 is 6.18 Å². The van der Waals surface area contributed by atoms with Crippen molar-refractivity contribution in [2.45, 2.75) is 6.18 Å². The van der Waals surface area contributed by atoms with Gasteiger partial charge in [0.15, 0.2) is 23.3 Å². The molecule has 0 saturated heterocycles. The van der Waals surface area contributed by atoms with Crippen molar-refractivity contribution in [1.82, 2.24) is 29.1 Å². The van der Waals surface area contributed by atoms with Crippen molar-refractivity contribution in [2.75, 3.05) is 0 Å². The molecule has 14 heteroatoms. The van der Waals surface area contributed by atoms with Gasteiger partial charge in [-0.3, -0.25) is 0 Å². The van der Waals surface area contributed by atoms with Gasteiger partial charge in [-0.05, 0) is 84.9 Å². The van der Waals surface area contributed by atoms with Crippen LogP contribution in [0.1, 0.15) is 5.56 Å². The molecule has 6 heterocycles. The molecule has 0 atom stereocenters. The fourth-order valence-electron chi connectivity index (χ4n) is 12.9. The van der Waals surface area contributed by atoms with E-state index >= 15 is 35.1 Å². The largest absolute Gasteiger partial charge is 0.416 e. The summed E-state index contributed by atoms with van der Waals surface area (Å²) < 4.78 is 137. The van der Waals surface area contributed by atoms with Crippen LogP contribution in [0, 0.1) is 29.1 Å². The predicted molar refractivity (Wildman–Crippen MR) is 360 cm³/mol. The van der Waals surface area contributed by atoms with E-state index in [2.05, 4.69) is 0 Å². The zero-order valence-electron chi connectivity index (χ0n) is 49.8. The second-order valence-corrected chi connectivity index (χ2v) is 23.0. The number of alkyl halides is 3. The van der Waals surface area contributed by atoms with Crippen LogP contribution in [-0.4, -0.2) is 29.1 Å². The lowest BCUT2D eigenvalue weighted by molar-refractivity contribution is -0.137. The SMILES string of the molecule is Fc1c(F)c(F)c(-c2c(-n3c4cc(-c5cccc(-c6ccccc6)n5)ccc4c4ccc(-c5cccc(-c6ccccc6)n5)cc43)cc(C(F)(F)F)cc2-n2c3cc(-c4cccc(-c5ccccc5)n4)ccc3c3ccc(-c4cccc(-c5ccccc5)n4)cc32)c(F)c1F. The zero-order chi connectivity index (χ0) is 64.6. The van der Waals surface area contributed by atoms with Crippen LogP contribution in [-0.2, 0) is 6.18 Å². The Hall–Kier alpha value is -12.2. The molecule has 0 aliphatic carbocycles. The Balaban J connectivity index is 1.05. The number of rotatable bonds is 11. The molecule has 0 aliphatic heterocycles. The van der Waals surface area contributed by atoms with Crippen molar-refractivity contribution in [2.24, 2.45) is 0 Å². The van der Waals surface area contributed by atoms with Gasteiger partial charge in [0.1, 0.15) is 0 Å². The summed E-state index contributed by atoms with van der Waals surface area (Å²) in [4.78, 5) is 20.1. The molecule has 16 rings (SSSR count). The van der Waals surface area contributed by atoms with Crippen LogP contribution in [0.3, 0.4) is 0 Å². The average Bonchev–Trinajstić information content (AvgIpc) is 1.62. The Morgan fingerprint density at radius 3 is 0.726 bits per heavy atom. The van der Waals surface area contributed by atoms with Crippen molar-refractivity contribution in [3.63, 3.8) is 0 Å². The Labute approximate surface area is 537 Å². The third-order valence-corrected chi connectivity index (χ3v) is 17.4. The molecule has 0 unspecified atom stereocenters. The lowest BCUT2D eigenvalue weighted by atomic mass is 9.95. The summed E-state index contributed by atoms with van der Waals surface area (Å²) in [6, 6.07) is 82.1. The van der Waals surface area contributed by atoms with E-state index in [-0.39, 0.29) is 22.1 Å². The number of aromatic nitrogens is 6. The summed E-state index contributed by atoms with van der Waals surface area (Å²) in [7, 11) is 0. The minimum Gasteiger partial charge on any atom is -0.308 e. The first-order valence-corrected chi connectivity index (χ1v) is 30.4. The van der Waals surface area contributed by atoms with E-state index in [0.29, 0.717) is 101 Å². The molecule has 0 amide bonds. The minimum absolute atomic E-state index is 0.198. The average molecular weight is 1260 g/mol. The molecule has 0 saturated carbocycles. The first kappa shape index (κ1) is 58.0. The fraction of sp³-hybridized carbons (Fsp3) is 0.0123. The van der Waals surface area contributed by atoms with Gasteiger partial charge < -0.3 is 9.13 Å². The van der Waals surface area contributed by atoms with E-state index in [4.69, 9.17) is 19.9 Å². The van der Waals surface area contributed by atoms with Crippen LogP contribution in [0.4, 0.5) is 35.1 Å². The molecule has 10 aromatic carbocycles. The summed E-state index contributed by atoms with van der Waals surface area (Å²) in [5.41, 5.74) is 5.55. The number of nitrogens with zero attached hydrogens (tertiary/aromatic N) is 6. The fourth-order valence-corrected chi connectivity index (χ4v) is 12.9. The maximum atomic E-state index is 17.8. The van der Waals surface area contributed by atoms with Gasteiger partial charge in [0.2, 0.25) is 5.82 Å². The number of fused-ring (bicyclic) bond motifs is 6. The van der Waals surface area contributed by atoms with Crippen molar-refractivity contribution in [1.29, 1.82) is 0 Å². The summed E-state index contributed by atoms with van der Waals surface area (Å²) in [5.74, 6) is -11.6. The first-order chi connectivity index (χ1) is 46.3. The Morgan fingerprint density at radius 2 is 0.474 bits per heavy atom. The molecular formula is C81H46F8N6. The smallest absolute Gasteiger partial charge is 0.308 e. The summed E-state index contributed by atoms with van der Waals surface area (Å²) in [5, 5.41) is 1.85. The van der Waals surface area contributed by atoms with Crippen LogP contribution in [0.15, 0.2) is 279 Å². The highest BCUT2D eigenvalue weighted by Crippen LogP contribution is 2.49. The van der Waals surface area contributed by atoms with Gasteiger partial charge in [-0.25, -0.2) is 41.9 Å². The van der Waals surface area contributed by atoms with Crippen LogP contribution in [0.25, 0.3) is 156 Å². The molecular weight excluding hydrogens is 1210 g/mol. The zero-order valence-corrected chi connectivity index (χ0v) is 49.8. The Bertz CT molecular complexity index is 5100. The van der Waals surface area contributed by atoms with E-state index in [1.807, 2.05) is 194 Å². The van der Waals surface area contributed by atoms with Gasteiger partial charge in [0.25, 0.3) is 0 Å². The monoisotopic (exact) mass is 1250 g/mol. The second kappa shape index (κ2) is 23.2. The van der Waals surface area contributed by atoms with E-state index < -0.39 is 63.3 Å². The maximum Gasteiger partial charge on any atom is 0.416 e. The standard InChI is InChI=1S/C81H46F8N6/c82-76-75(77(83)79(85)80(86)78(76)84)74-72(94-68-41-51(64-29-13-25-60(90-64)47-17-5-1-6-18-47)33-37-56(68)57-38-34-52(42-69(57)94)65-30-14-26-61(91-65)48-19-7-2-8-20-48)45-55(81(87,88)89)46-73(74)95-70-43-53(66-31-15-27-62(92-66)49-21-9-3-10-22-49)35-39-58(70)59-40-36-54(44-71(59)95)67-32-16-28-63(93-67)50-23-11-4-12-24-50/h1-46H. The highest BCUT2D eigenvalue weighted by Gasteiger charge is 2.38. The molecule has 0 radical (unpaired) electrons. The van der Waals surface area contributed by atoms with Crippen LogP contribution >= 0.6 is 0 Å². The quantitative estimate of drug-likeness (QED) is 0.0735. The highest BCUT2D eigenvalue weighted by molar-refractivity contribution is 6.14. The molecule has 0 N–H and O–H groups in total. The van der Waals surface area contributed by atoms with Crippen molar-refractivity contribution < 1.29 is 35.1 Å². The number of halogens is 8. The van der Waals surface area contributed by atoms with Gasteiger partial charge in [0, 0.05) is 71.6 Å². The number of hydrogen-bond acceptors (Lipinski definition) is 4. The second-order valence-electron chi connectivity index (χ2n) is 23.0. The summed E-state index contributed by atoms with van der Waals surface area (Å²) in [6.07, 6.45) is -5.23. The molecule has 6 aromatic heterocycles. The van der Waals surface area contributed by atoms with Gasteiger partial charge in [0.05, 0.1) is 90.1 Å². The van der Waals surface area contributed by atoms with E-state index in [1.54, 1.807) is 72.8 Å². The van der Waals surface area contributed by atoms with Crippen molar-refractivity contribution in [3.05, 3.63) is 314 Å². The van der Waals surface area contributed by atoms with Gasteiger partial charge in [-0.15, -0.1) is 0 Å². The van der Waals surface area contributed by atoms with Gasteiger partial charge in [-0.1, -0.05) is 194 Å². The molecule has 6 nitrogen and oxygen atoms in total. The predicted octanol–water partition coefficient (Wildman–Crippen LogP) is 22.2. The lowest BCUT2D eigenvalue weighted by Crippen LogP contribution is -2.13. The lowest BCUT2D eigenvalue weighted by Gasteiger charge is -2.24. The third kappa shape index (κ3) is 10.2. The molecule has 0 spiro atoms. The molecule has 95 heavy (non-hydrogen) atoms. The normalized spacial score (nSPS) is 11.8. The molecule has 16 aromatic rings. The summed E-state index contributed by atoms with van der Waals surface area (Å²) in [6.45, 7) is 0. The Kier molecular flexibility index (Phi) is 14.2. The van der Waals surface area contributed by atoms with Crippen molar-refractivity contribution in [3.8, 4) is 113 Å². The number of benzene rings is 10. The van der Waals surface area contributed by atoms with E-state index in [1.165, 1.54) is 9.13 Å². The third-order valence-electron chi connectivity index (χ3n) is 17.4. The van der Waals surface area contributed by atoms with Crippen LogP contribution < -0.4 is 0 Å². The molecule has 0 fully saturated rings. The topological polar surface area (TPSA) is 61.4 Å². The molecule has 456 valence electrons. The van der Waals surface area contributed by atoms with E-state index in [0.717, 1.165) is 22.3 Å². The number of pyridine rings is 4. The Morgan fingerprint density at radius 1 is 0.232 bits per heavy atom. The van der Waals surface area contributed by atoms with Gasteiger partial charge in [-0.2, -0.15) is 13.2 Å². The van der Waals surface area contributed by atoms with Crippen LogP contribution in [0.2, 0.25) is 0 Å². The minimum atomic E-state index is -5.23. The maximum absolute atomic E-state index is 17.8. The summed E-state index contributed by atoms with van der Waals surface area (Å²) >= 11 is 0. The van der Waals surface area contributed by atoms with Crippen LogP contribution in [0.5, 0.6) is 0 Å². The van der Waals surface area contributed by atoms with Crippen molar-refractivity contribution >= 4 is 43.6 Å². The number of hydrogen-bond donors (Lipinski definition) is 0. The highest BCUT2D eigenvalue weighted by atomic mass is 19.4. The molecule has 0 bridgehead atoms. The van der Waals surface area contributed by atoms with E-state index in [9.17, 15) is 0 Å². The first-order valence-electron chi connectivity index (χ1n) is 30.4. The molecule has 0 aliphatic rings.